The third-order valence-electron chi connectivity index (χ3n) is 5.47. The van der Waals surface area contributed by atoms with Crippen molar-refractivity contribution in [1.29, 1.82) is 10.5 Å². The van der Waals surface area contributed by atoms with E-state index in [1.54, 1.807) is 0 Å². The zero-order valence-electron chi connectivity index (χ0n) is 16.6. The fraction of sp³-hybridized carbons (Fsp3) is 0.333. The fourth-order valence-corrected chi connectivity index (χ4v) is 4.29. The SMILES string of the molecule is CC1=NC(C#N)=C(C#N)N=C(/C=C/C=C/c2cc3c4c(c2)CCCN4CCC3)C1. The Hall–Kier alpha value is -3.44. The average Bonchev–Trinajstić information content (AvgIpc) is 2.89. The highest BCUT2D eigenvalue weighted by molar-refractivity contribution is 6.10. The van der Waals surface area contributed by atoms with Crippen LogP contribution in [0.5, 0.6) is 0 Å². The lowest BCUT2D eigenvalue weighted by Crippen LogP contribution is -2.34. The van der Waals surface area contributed by atoms with E-state index in [0.717, 1.165) is 24.3 Å². The number of hydrogen-bond donors (Lipinski definition) is 0. The second-order valence-electron chi connectivity index (χ2n) is 7.65. The van der Waals surface area contributed by atoms with E-state index >= 15 is 0 Å². The molecule has 5 heteroatoms. The van der Waals surface area contributed by atoms with Gasteiger partial charge in [-0.3, -0.25) is 0 Å². The third kappa shape index (κ3) is 4.05. The van der Waals surface area contributed by atoms with Crippen molar-refractivity contribution in [2.45, 2.75) is 39.0 Å². The first-order chi connectivity index (χ1) is 14.2. The quantitative estimate of drug-likeness (QED) is 0.723. The highest BCUT2D eigenvalue weighted by Crippen LogP contribution is 2.36. The van der Waals surface area contributed by atoms with E-state index in [1.165, 1.54) is 48.3 Å². The van der Waals surface area contributed by atoms with Crippen LogP contribution in [-0.2, 0) is 12.8 Å². The molecule has 0 atom stereocenters. The van der Waals surface area contributed by atoms with E-state index in [9.17, 15) is 5.26 Å². The molecule has 0 fully saturated rings. The largest absolute Gasteiger partial charge is 0.371 e. The van der Waals surface area contributed by atoms with E-state index < -0.39 is 0 Å². The van der Waals surface area contributed by atoms with E-state index in [1.807, 2.05) is 37.3 Å². The van der Waals surface area contributed by atoms with Crippen LogP contribution in [0.2, 0.25) is 0 Å². The first-order valence-corrected chi connectivity index (χ1v) is 10.1. The molecule has 3 aliphatic rings. The van der Waals surface area contributed by atoms with Gasteiger partial charge in [-0.15, -0.1) is 0 Å². The zero-order chi connectivity index (χ0) is 20.2. The standard InChI is InChI=1S/C24H23N5/c1-17-12-21(28-23(16-26)22(15-25)27-17)9-3-2-6-18-13-19-7-4-10-29-11-5-8-20(14-18)24(19)29/h2-3,6,9,13-14H,4-5,7-8,10-12H2,1H3/b6-2+,9-3+. The number of hydrogen-bond acceptors (Lipinski definition) is 5. The van der Waals surface area contributed by atoms with E-state index in [4.69, 9.17) is 5.26 Å². The molecule has 0 radical (unpaired) electrons. The number of nitrogens with zero attached hydrogens (tertiary/aromatic N) is 5. The first kappa shape index (κ1) is 18.9. The summed E-state index contributed by atoms with van der Waals surface area (Å²) >= 11 is 0. The molecular formula is C24H23N5. The molecule has 3 heterocycles. The maximum Gasteiger partial charge on any atom is 0.177 e. The molecule has 144 valence electrons. The monoisotopic (exact) mass is 381 g/mol. The molecule has 1 aromatic rings. The molecule has 0 saturated carbocycles. The van der Waals surface area contributed by atoms with Crippen molar-refractivity contribution >= 4 is 23.2 Å². The van der Waals surface area contributed by atoms with Crippen molar-refractivity contribution in [1.82, 2.24) is 0 Å². The fourth-order valence-electron chi connectivity index (χ4n) is 4.29. The minimum Gasteiger partial charge on any atom is -0.371 e. The highest BCUT2D eigenvalue weighted by atomic mass is 15.1. The Morgan fingerprint density at radius 2 is 1.55 bits per heavy atom. The number of aliphatic imine (C=N–C) groups is 2. The molecule has 0 bridgehead atoms. The molecule has 5 nitrogen and oxygen atoms in total. The summed E-state index contributed by atoms with van der Waals surface area (Å²) in [5.74, 6) is 0. The maximum atomic E-state index is 9.23. The van der Waals surface area contributed by atoms with Crippen LogP contribution in [0.1, 0.15) is 42.9 Å². The van der Waals surface area contributed by atoms with E-state index in [0.29, 0.717) is 6.42 Å². The number of benzene rings is 1. The lowest BCUT2D eigenvalue weighted by atomic mass is 9.90. The Morgan fingerprint density at radius 1 is 0.931 bits per heavy atom. The van der Waals surface area contributed by atoms with Gasteiger partial charge in [0.2, 0.25) is 0 Å². The summed E-state index contributed by atoms with van der Waals surface area (Å²) in [4.78, 5) is 11.1. The van der Waals surface area contributed by atoms with Gasteiger partial charge in [0.25, 0.3) is 0 Å². The normalized spacial score (nSPS) is 18.8. The molecule has 0 aromatic heterocycles. The molecule has 0 unspecified atom stereocenters. The Morgan fingerprint density at radius 3 is 2.21 bits per heavy atom. The van der Waals surface area contributed by atoms with Crippen LogP contribution in [0.3, 0.4) is 0 Å². The van der Waals surface area contributed by atoms with Crippen LogP contribution in [0.25, 0.3) is 6.08 Å². The molecular weight excluding hydrogens is 358 g/mol. The summed E-state index contributed by atoms with van der Waals surface area (Å²) in [6, 6.07) is 8.55. The van der Waals surface area contributed by atoms with Crippen LogP contribution < -0.4 is 4.90 Å². The number of anilines is 1. The molecule has 0 aliphatic carbocycles. The van der Waals surface area contributed by atoms with Crippen molar-refractivity contribution in [3.63, 3.8) is 0 Å². The Balaban J connectivity index is 1.54. The van der Waals surface area contributed by atoms with Crippen molar-refractivity contribution < 1.29 is 0 Å². The molecule has 29 heavy (non-hydrogen) atoms. The summed E-state index contributed by atoms with van der Waals surface area (Å²) in [7, 11) is 0. The van der Waals surface area contributed by atoms with Crippen molar-refractivity contribution in [3.8, 4) is 12.1 Å². The van der Waals surface area contributed by atoms with Gasteiger partial charge in [-0.2, -0.15) is 10.5 Å². The van der Waals surface area contributed by atoms with Crippen LogP contribution in [-0.4, -0.2) is 24.5 Å². The van der Waals surface area contributed by atoms with Gasteiger partial charge in [-0.1, -0.05) is 18.2 Å². The van der Waals surface area contributed by atoms with Gasteiger partial charge >= 0.3 is 0 Å². The minimum atomic E-state index is 0.0753. The summed E-state index contributed by atoms with van der Waals surface area (Å²) in [6.45, 7) is 4.23. The van der Waals surface area contributed by atoms with Crippen molar-refractivity contribution in [3.05, 3.63) is 58.4 Å². The smallest absolute Gasteiger partial charge is 0.177 e. The van der Waals surface area contributed by atoms with Gasteiger partial charge in [0.05, 0.1) is 0 Å². The molecule has 0 spiro atoms. The Bertz CT molecular complexity index is 1040. The number of allylic oxidation sites excluding steroid dienone is 5. The van der Waals surface area contributed by atoms with Gasteiger partial charge < -0.3 is 4.90 Å². The zero-order valence-corrected chi connectivity index (χ0v) is 16.6. The Kier molecular flexibility index (Phi) is 5.40. The molecule has 1 aromatic carbocycles. The minimum absolute atomic E-state index is 0.0753. The third-order valence-corrected chi connectivity index (χ3v) is 5.47. The Labute approximate surface area is 171 Å². The topological polar surface area (TPSA) is 75.5 Å². The van der Waals surface area contributed by atoms with E-state index in [2.05, 4.69) is 33.1 Å². The molecule has 0 saturated heterocycles. The molecule has 4 rings (SSSR count). The molecule has 0 N–H and O–H groups in total. The predicted octanol–water partition coefficient (Wildman–Crippen LogP) is 4.52. The highest BCUT2D eigenvalue weighted by Gasteiger charge is 2.23. The summed E-state index contributed by atoms with van der Waals surface area (Å²) in [5, 5.41) is 18.4. The predicted molar refractivity (Wildman–Crippen MR) is 117 cm³/mol. The van der Waals surface area contributed by atoms with E-state index in [-0.39, 0.29) is 11.4 Å². The van der Waals surface area contributed by atoms with Crippen LogP contribution in [0.4, 0.5) is 5.69 Å². The van der Waals surface area contributed by atoms with Crippen LogP contribution >= 0.6 is 0 Å². The van der Waals surface area contributed by atoms with Crippen LogP contribution in [0.15, 0.2) is 51.7 Å². The summed E-state index contributed by atoms with van der Waals surface area (Å²) in [5.41, 5.74) is 7.34. The van der Waals surface area contributed by atoms with Crippen molar-refractivity contribution in [2.75, 3.05) is 18.0 Å². The molecule has 3 aliphatic heterocycles. The number of nitriles is 2. The van der Waals surface area contributed by atoms with Crippen molar-refractivity contribution in [2.24, 2.45) is 9.98 Å². The van der Waals surface area contributed by atoms with Gasteiger partial charge in [0.15, 0.2) is 11.4 Å². The van der Waals surface area contributed by atoms with Gasteiger partial charge in [-0.25, -0.2) is 9.98 Å². The lowest BCUT2D eigenvalue weighted by molar-refractivity contribution is 0.634. The average molecular weight is 381 g/mol. The first-order valence-electron chi connectivity index (χ1n) is 10.1. The second kappa shape index (κ2) is 8.29. The van der Waals surface area contributed by atoms with Gasteiger partial charge in [0, 0.05) is 36.6 Å². The lowest BCUT2D eigenvalue weighted by Gasteiger charge is -2.37. The number of rotatable bonds is 3. The van der Waals surface area contributed by atoms with Crippen LogP contribution in [0, 0.1) is 22.7 Å². The summed E-state index contributed by atoms with van der Waals surface area (Å²) in [6.07, 6.45) is 13.3. The van der Waals surface area contributed by atoms with Gasteiger partial charge in [0.1, 0.15) is 12.1 Å². The summed E-state index contributed by atoms with van der Waals surface area (Å²) < 4.78 is 0. The second-order valence-corrected chi connectivity index (χ2v) is 7.65. The van der Waals surface area contributed by atoms with Gasteiger partial charge in [-0.05, 0) is 67.5 Å². The molecule has 0 amide bonds. The number of aryl methyl sites for hydroxylation is 2. The maximum absolute atomic E-state index is 9.23.